The van der Waals surface area contributed by atoms with E-state index in [-0.39, 0.29) is 23.6 Å². The summed E-state index contributed by atoms with van der Waals surface area (Å²) in [5, 5.41) is 22.4. The zero-order valence-corrected chi connectivity index (χ0v) is 13.4. The third-order valence-electron chi connectivity index (χ3n) is 4.31. The Hall–Kier alpha value is -2.74. The Balaban J connectivity index is 1.37. The number of carboxylic acid groups (broad SMARTS) is 1. The van der Waals surface area contributed by atoms with Crippen LogP contribution in [0.1, 0.15) is 29.4 Å². The molecule has 4 rings (SSSR count). The number of benzene rings is 1. The van der Waals surface area contributed by atoms with Gasteiger partial charge in [0, 0.05) is 16.3 Å². The van der Waals surface area contributed by atoms with Crippen molar-refractivity contribution in [2.75, 3.05) is 5.32 Å². The zero-order chi connectivity index (χ0) is 16.7. The summed E-state index contributed by atoms with van der Waals surface area (Å²) >= 11 is 1.64. The first-order valence-electron chi connectivity index (χ1n) is 7.53. The number of thiophene rings is 1. The molecule has 122 valence electrons. The van der Waals surface area contributed by atoms with E-state index in [9.17, 15) is 9.59 Å². The minimum atomic E-state index is -1.10. The van der Waals surface area contributed by atoms with Gasteiger partial charge in [-0.05, 0) is 41.8 Å². The lowest BCUT2D eigenvalue weighted by Gasteiger charge is -2.33. The van der Waals surface area contributed by atoms with Crippen molar-refractivity contribution in [2.45, 2.75) is 18.9 Å². The van der Waals surface area contributed by atoms with E-state index in [0.717, 1.165) is 10.4 Å². The standard InChI is InChI=1S/C16H14N4O3S/c21-15(17-11-2-1-9-3-4-24-14(9)7-11)10-5-12(6-10)20-8-13(16(22)23)18-19-20/h1-4,7-8,10,12H,5-6H2,(H,17,21)(H,22,23). The Morgan fingerprint density at radius 3 is 2.88 bits per heavy atom. The predicted octanol–water partition coefficient (Wildman–Crippen LogP) is 2.78. The van der Waals surface area contributed by atoms with Gasteiger partial charge in [0.1, 0.15) is 0 Å². The molecule has 2 N–H and O–H groups in total. The highest BCUT2D eigenvalue weighted by Gasteiger charge is 2.36. The van der Waals surface area contributed by atoms with Gasteiger partial charge in [-0.2, -0.15) is 0 Å². The van der Waals surface area contributed by atoms with Crippen molar-refractivity contribution in [2.24, 2.45) is 5.92 Å². The molecule has 1 amide bonds. The zero-order valence-electron chi connectivity index (χ0n) is 12.5. The van der Waals surface area contributed by atoms with E-state index in [4.69, 9.17) is 5.11 Å². The number of amides is 1. The largest absolute Gasteiger partial charge is 0.476 e. The van der Waals surface area contributed by atoms with Crippen LogP contribution in [0.4, 0.5) is 5.69 Å². The Bertz CT molecular complexity index is 926. The van der Waals surface area contributed by atoms with Crippen LogP contribution in [0.3, 0.4) is 0 Å². The average Bonchev–Trinajstić information content (AvgIpc) is 3.14. The number of nitrogens with one attached hydrogen (secondary N) is 1. The molecular formula is C16H14N4O3S. The molecule has 1 saturated carbocycles. The fraction of sp³-hybridized carbons (Fsp3) is 0.250. The molecule has 0 radical (unpaired) electrons. The fourth-order valence-corrected chi connectivity index (χ4v) is 3.68. The number of carboxylic acids is 1. The van der Waals surface area contributed by atoms with E-state index >= 15 is 0 Å². The normalized spacial score (nSPS) is 19.8. The van der Waals surface area contributed by atoms with Crippen molar-refractivity contribution >= 4 is 39.0 Å². The molecule has 1 fully saturated rings. The molecule has 1 aliphatic rings. The summed E-state index contributed by atoms with van der Waals surface area (Å²) in [6.07, 6.45) is 2.68. The van der Waals surface area contributed by atoms with Gasteiger partial charge in [0.05, 0.1) is 12.2 Å². The number of aromatic nitrogens is 3. The van der Waals surface area contributed by atoms with Crippen LogP contribution >= 0.6 is 11.3 Å². The number of carbonyl (C=O) groups excluding carboxylic acids is 1. The molecule has 0 spiro atoms. The summed E-state index contributed by atoms with van der Waals surface area (Å²) in [7, 11) is 0. The van der Waals surface area contributed by atoms with Crippen molar-refractivity contribution in [3.05, 3.63) is 41.5 Å². The van der Waals surface area contributed by atoms with E-state index in [0.29, 0.717) is 12.8 Å². The number of fused-ring (bicyclic) bond motifs is 1. The third-order valence-corrected chi connectivity index (χ3v) is 5.19. The number of hydrogen-bond acceptors (Lipinski definition) is 5. The molecule has 0 atom stereocenters. The topological polar surface area (TPSA) is 97.1 Å². The van der Waals surface area contributed by atoms with Crippen molar-refractivity contribution in [3.8, 4) is 0 Å². The summed E-state index contributed by atoms with van der Waals surface area (Å²) in [6.45, 7) is 0. The van der Waals surface area contributed by atoms with Crippen LogP contribution < -0.4 is 5.32 Å². The SMILES string of the molecule is O=C(O)c1cn(C2CC(C(=O)Nc3ccc4ccsc4c3)C2)nn1. The Morgan fingerprint density at radius 2 is 2.12 bits per heavy atom. The third kappa shape index (κ3) is 2.65. The van der Waals surface area contributed by atoms with Crippen LogP contribution in [0.25, 0.3) is 10.1 Å². The van der Waals surface area contributed by atoms with Gasteiger partial charge >= 0.3 is 5.97 Å². The fourth-order valence-electron chi connectivity index (χ4n) is 2.85. The highest BCUT2D eigenvalue weighted by atomic mass is 32.1. The van der Waals surface area contributed by atoms with E-state index in [2.05, 4.69) is 15.6 Å². The lowest BCUT2D eigenvalue weighted by molar-refractivity contribution is -0.123. The average molecular weight is 342 g/mol. The first kappa shape index (κ1) is 14.8. The highest BCUT2D eigenvalue weighted by molar-refractivity contribution is 7.17. The van der Waals surface area contributed by atoms with Crippen LogP contribution in [0, 0.1) is 5.92 Å². The van der Waals surface area contributed by atoms with Crippen LogP contribution in [0.15, 0.2) is 35.8 Å². The molecule has 0 unspecified atom stereocenters. The van der Waals surface area contributed by atoms with Crippen LogP contribution in [-0.4, -0.2) is 32.0 Å². The summed E-state index contributed by atoms with van der Waals surface area (Å²) in [4.78, 5) is 23.1. The summed E-state index contributed by atoms with van der Waals surface area (Å²) in [5.41, 5.74) is 0.722. The van der Waals surface area contributed by atoms with Crippen LogP contribution in [0.2, 0.25) is 0 Å². The summed E-state index contributed by atoms with van der Waals surface area (Å²) in [5.74, 6) is -1.20. The molecule has 24 heavy (non-hydrogen) atoms. The van der Waals surface area contributed by atoms with Gasteiger partial charge in [-0.15, -0.1) is 16.4 Å². The smallest absolute Gasteiger partial charge is 0.358 e. The van der Waals surface area contributed by atoms with Crippen LogP contribution in [-0.2, 0) is 4.79 Å². The van der Waals surface area contributed by atoms with Gasteiger partial charge in [0.2, 0.25) is 5.91 Å². The van der Waals surface area contributed by atoms with E-state index in [1.807, 2.05) is 29.6 Å². The van der Waals surface area contributed by atoms with Crippen molar-refractivity contribution < 1.29 is 14.7 Å². The molecule has 1 aliphatic carbocycles. The molecular weight excluding hydrogens is 328 g/mol. The van der Waals surface area contributed by atoms with E-state index in [1.54, 1.807) is 11.3 Å². The number of nitrogens with zero attached hydrogens (tertiary/aromatic N) is 3. The second kappa shape index (κ2) is 5.72. The first-order valence-corrected chi connectivity index (χ1v) is 8.41. The lowest BCUT2D eigenvalue weighted by Crippen LogP contribution is -2.36. The maximum atomic E-state index is 12.3. The second-order valence-electron chi connectivity index (χ2n) is 5.87. The number of carbonyl (C=O) groups is 2. The Morgan fingerprint density at radius 1 is 1.29 bits per heavy atom. The van der Waals surface area contributed by atoms with Crippen molar-refractivity contribution in [3.63, 3.8) is 0 Å². The first-order chi connectivity index (χ1) is 11.6. The highest BCUT2D eigenvalue weighted by Crippen LogP contribution is 2.38. The van der Waals surface area contributed by atoms with Gasteiger partial charge in [-0.3, -0.25) is 4.79 Å². The van der Waals surface area contributed by atoms with Gasteiger partial charge in [-0.1, -0.05) is 11.3 Å². The van der Waals surface area contributed by atoms with Gasteiger partial charge in [0.25, 0.3) is 0 Å². The van der Waals surface area contributed by atoms with Gasteiger partial charge in [0.15, 0.2) is 5.69 Å². The molecule has 8 heteroatoms. The Kier molecular flexibility index (Phi) is 3.53. The molecule has 2 aromatic heterocycles. The Labute approximate surface area is 140 Å². The lowest BCUT2D eigenvalue weighted by atomic mass is 9.79. The molecule has 0 aliphatic heterocycles. The molecule has 1 aromatic carbocycles. The molecule has 0 bridgehead atoms. The predicted molar refractivity (Wildman–Crippen MR) is 89.2 cm³/mol. The summed E-state index contributed by atoms with van der Waals surface area (Å²) in [6, 6.07) is 7.95. The van der Waals surface area contributed by atoms with Crippen molar-refractivity contribution in [1.29, 1.82) is 0 Å². The number of anilines is 1. The second-order valence-corrected chi connectivity index (χ2v) is 6.82. The van der Waals surface area contributed by atoms with Crippen molar-refractivity contribution in [1.82, 2.24) is 15.0 Å². The quantitative estimate of drug-likeness (QED) is 0.760. The van der Waals surface area contributed by atoms with E-state index < -0.39 is 5.97 Å². The maximum Gasteiger partial charge on any atom is 0.358 e. The van der Waals surface area contributed by atoms with Crippen LogP contribution in [0.5, 0.6) is 0 Å². The minimum Gasteiger partial charge on any atom is -0.476 e. The molecule has 2 heterocycles. The minimum absolute atomic E-state index is 0.0132. The molecule has 3 aromatic rings. The van der Waals surface area contributed by atoms with Gasteiger partial charge in [-0.25, -0.2) is 9.48 Å². The maximum absolute atomic E-state index is 12.3. The summed E-state index contributed by atoms with van der Waals surface area (Å²) < 4.78 is 2.67. The number of hydrogen-bond donors (Lipinski definition) is 2. The molecule has 0 saturated heterocycles. The number of rotatable bonds is 4. The van der Waals surface area contributed by atoms with E-state index in [1.165, 1.54) is 16.3 Å². The number of aromatic carboxylic acids is 1. The molecule has 7 nitrogen and oxygen atoms in total. The van der Waals surface area contributed by atoms with Gasteiger partial charge < -0.3 is 10.4 Å². The monoisotopic (exact) mass is 342 g/mol.